The van der Waals surface area contributed by atoms with Crippen LogP contribution in [0.5, 0.6) is 0 Å². The van der Waals surface area contributed by atoms with E-state index in [1.165, 1.54) is 6.07 Å². The number of hydrogen-bond acceptors (Lipinski definition) is 6. The molecule has 0 saturated heterocycles. The number of carboxylic acids is 1. The van der Waals surface area contributed by atoms with Gasteiger partial charge in [0.2, 0.25) is 5.91 Å². The second kappa shape index (κ2) is 10.8. The van der Waals surface area contributed by atoms with E-state index in [-0.39, 0.29) is 26.0 Å². The second-order valence-corrected chi connectivity index (χ2v) is 7.02. The van der Waals surface area contributed by atoms with Crippen LogP contribution in [0.15, 0.2) is 69.9 Å². The van der Waals surface area contributed by atoms with Gasteiger partial charge in [0.25, 0.3) is 0 Å². The van der Waals surface area contributed by atoms with Crippen LogP contribution in [0.3, 0.4) is 0 Å². The fraction of sp³-hybridized carbons (Fsp3) is 0.217. The van der Waals surface area contributed by atoms with Crippen LogP contribution in [0.4, 0.5) is 4.79 Å². The first-order valence-corrected chi connectivity index (χ1v) is 9.90. The average Bonchev–Trinajstić information content (AvgIpc) is 2.79. The van der Waals surface area contributed by atoms with Gasteiger partial charge in [-0.15, -0.1) is 0 Å². The van der Waals surface area contributed by atoms with Crippen LogP contribution in [0.25, 0.3) is 11.0 Å². The van der Waals surface area contributed by atoms with E-state index in [9.17, 15) is 19.2 Å². The molecule has 0 fully saturated rings. The second-order valence-electron chi connectivity index (χ2n) is 7.02. The van der Waals surface area contributed by atoms with Crippen molar-refractivity contribution >= 4 is 28.9 Å². The van der Waals surface area contributed by atoms with Crippen LogP contribution in [-0.2, 0) is 20.9 Å². The van der Waals surface area contributed by atoms with E-state index >= 15 is 0 Å². The predicted octanol–water partition coefficient (Wildman–Crippen LogP) is 2.74. The molecule has 0 saturated carbocycles. The minimum atomic E-state index is -1.01. The number of carboxylic acid groups (broad SMARTS) is 1. The van der Waals surface area contributed by atoms with E-state index in [2.05, 4.69) is 10.6 Å². The number of nitrogens with one attached hydrogen (secondary N) is 2. The summed E-state index contributed by atoms with van der Waals surface area (Å²) in [4.78, 5) is 46.7. The number of aliphatic carboxylic acids is 1. The van der Waals surface area contributed by atoms with E-state index in [0.717, 1.165) is 5.56 Å². The highest BCUT2D eigenvalue weighted by Crippen LogP contribution is 2.23. The molecule has 0 radical (unpaired) electrons. The number of ether oxygens (including phenoxy) is 1. The Labute approximate surface area is 183 Å². The summed E-state index contributed by atoms with van der Waals surface area (Å²) in [5, 5.41) is 14.8. The highest BCUT2D eigenvalue weighted by Gasteiger charge is 2.18. The Balaban J connectivity index is 1.60. The molecule has 0 aliphatic rings. The zero-order valence-electron chi connectivity index (χ0n) is 17.1. The molecule has 3 N–H and O–H groups in total. The molecule has 32 heavy (non-hydrogen) atoms. The van der Waals surface area contributed by atoms with Crippen molar-refractivity contribution in [1.29, 1.82) is 0 Å². The lowest BCUT2D eigenvalue weighted by atomic mass is 10.0. The van der Waals surface area contributed by atoms with Gasteiger partial charge < -0.3 is 24.9 Å². The summed E-state index contributed by atoms with van der Waals surface area (Å²) in [5.74, 6) is -1.54. The maximum atomic E-state index is 12.4. The lowest BCUT2D eigenvalue weighted by molar-refractivity contribution is -0.137. The Morgan fingerprint density at radius 1 is 1.03 bits per heavy atom. The van der Waals surface area contributed by atoms with Gasteiger partial charge in [-0.3, -0.25) is 9.59 Å². The first-order valence-electron chi connectivity index (χ1n) is 9.90. The Morgan fingerprint density at radius 3 is 2.53 bits per heavy atom. The Hall–Kier alpha value is -4.14. The minimum absolute atomic E-state index is 0.0673. The van der Waals surface area contributed by atoms with Gasteiger partial charge in [-0.05, 0) is 29.7 Å². The molecule has 1 unspecified atom stereocenters. The van der Waals surface area contributed by atoms with Gasteiger partial charge in [0.1, 0.15) is 18.7 Å². The van der Waals surface area contributed by atoms with E-state index in [0.29, 0.717) is 16.5 Å². The summed E-state index contributed by atoms with van der Waals surface area (Å²) in [6.45, 7) is -0.280. The van der Waals surface area contributed by atoms with Gasteiger partial charge in [-0.25, -0.2) is 9.59 Å². The van der Waals surface area contributed by atoms with Crippen LogP contribution in [0, 0.1) is 0 Å². The summed E-state index contributed by atoms with van der Waals surface area (Å²) < 4.78 is 10.2. The van der Waals surface area contributed by atoms with Crippen LogP contribution in [0.1, 0.15) is 30.0 Å². The molecule has 0 bridgehead atoms. The lowest BCUT2D eigenvalue weighted by Crippen LogP contribution is -2.39. The standard InChI is InChI=1S/C23H22N2O7/c26-20(13-24-23(30)31-14-15-4-2-1-3-5-15)25-18(9-10-21(27)28)17-7-6-16-8-11-22(29)32-19(16)12-17/h1-8,11-12,18H,9-10,13-14H2,(H,24,30)(H,25,26)(H,27,28). The highest BCUT2D eigenvalue weighted by molar-refractivity contribution is 5.83. The summed E-state index contributed by atoms with van der Waals surface area (Å²) in [5.41, 5.74) is 1.20. The molecule has 1 atom stereocenters. The first kappa shape index (κ1) is 22.5. The molecule has 2 amide bonds. The molecule has 166 valence electrons. The third kappa shape index (κ3) is 6.69. The fourth-order valence-electron chi connectivity index (χ4n) is 3.06. The maximum absolute atomic E-state index is 12.4. The van der Waals surface area contributed by atoms with Crippen LogP contribution < -0.4 is 16.3 Å². The number of alkyl carbamates (subject to hydrolysis) is 1. The zero-order valence-corrected chi connectivity index (χ0v) is 17.1. The summed E-state index contributed by atoms with van der Waals surface area (Å²) in [6, 6.07) is 16.4. The SMILES string of the molecule is O=C(O)CCC(NC(=O)CNC(=O)OCc1ccccc1)c1ccc2ccc(=O)oc2c1. The molecule has 0 spiro atoms. The van der Waals surface area contributed by atoms with Crippen molar-refractivity contribution in [2.45, 2.75) is 25.5 Å². The number of amides is 2. The topological polar surface area (TPSA) is 135 Å². The third-order valence-corrected chi connectivity index (χ3v) is 4.64. The molecular formula is C23H22N2O7. The van der Waals surface area contributed by atoms with Gasteiger partial charge in [0.05, 0.1) is 6.04 Å². The van der Waals surface area contributed by atoms with Crippen molar-refractivity contribution in [3.05, 3.63) is 82.2 Å². The number of carbonyl (C=O) groups excluding carboxylic acids is 2. The van der Waals surface area contributed by atoms with E-state index in [1.807, 2.05) is 18.2 Å². The minimum Gasteiger partial charge on any atom is -0.481 e. The normalized spacial score (nSPS) is 11.5. The molecule has 9 nitrogen and oxygen atoms in total. The van der Waals surface area contributed by atoms with Gasteiger partial charge in [0, 0.05) is 17.9 Å². The average molecular weight is 438 g/mol. The molecule has 1 aromatic heterocycles. The Morgan fingerprint density at radius 2 is 1.78 bits per heavy atom. The molecule has 0 aliphatic heterocycles. The quantitative estimate of drug-likeness (QED) is 0.437. The molecular weight excluding hydrogens is 416 g/mol. The van der Waals surface area contributed by atoms with Crippen molar-refractivity contribution in [3.8, 4) is 0 Å². The van der Waals surface area contributed by atoms with Crippen molar-refractivity contribution in [1.82, 2.24) is 10.6 Å². The van der Waals surface area contributed by atoms with E-state index in [4.69, 9.17) is 14.3 Å². The molecule has 9 heteroatoms. The molecule has 1 heterocycles. The van der Waals surface area contributed by atoms with Crippen molar-refractivity contribution in [2.24, 2.45) is 0 Å². The zero-order chi connectivity index (χ0) is 22.9. The summed E-state index contributed by atoms with van der Waals surface area (Å²) in [7, 11) is 0. The number of fused-ring (bicyclic) bond motifs is 1. The van der Waals surface area contributed by atoms with Gasteiger partial charge >= 0.3 is 17.7 Å². The molecule has 2 aromatic carbocycles. The van der Waals surface area contributed by atoms with Crippen molar-refractivity contribution in [2.75, 3.05) is 6.54 Å². The van der Waals surface area contributed by atoms with Gasteiger partial charge in [-0.1, -0.05) is 42.5 Å². The summed E-state index contributed by atoms with van der Waals surface area (Å²) in [6.07, 6.45) is -0.824. The molecule has 3 rings (SSSR count). The Bertz CT molecular complexity index is 1160. The molecule has 0 aliphatic carbocycles. The van der Waals surface area contributed by atoms with Crippen LogP contribution in [-0.4, -0.2) is 29.6 Å². The largest absolute Gasteiger partial charge is 0.481 e. The van der Waals surface area contributed by atoms with E-state index < -0.39 is 29.6 Å². The van der Waals surface area contributed by atoms with Gasteiger partial charge in [-0.2, -0.15) is 0 Å². The van der Waals surface area contributed by atoms with Crippen molar-refractivity contribution in [3.63, 3.8) is 0 Å². The monoisotopic (exact) mass is 438 g/mol. The third-order valence-electron chi connectivity index (χ3n) is 4.64. The number of benzene rings is 2. The predicted molar refractivity (Wildman–Crippen MR) is 115 cm³/mol. The van der Waals surface area contributed by atoms with E-state index in [1.54, 1.807) is 36.4 Å². The smallest absolute Gasteiger partial charge is 0.407 e. The van der Waals surface area contributed by atoms with Crippen molar-refractivity contribution < 1.29 is 28.6 Å². The number of carbonyl (C=O) groups is 3. The fourth-order valence-corrected chi connectivity index (χ4v) is 3.06. The van der Waals surface area contributed by atoms with Gasteiger partial charge in [0.15, 0.2) is 0 Å². The maximum Gasteiger partial charge on any atom is 0.407 e. The van der Waals surface area contributed by atoms with Crippen LogP contribution in [0.2, 0.25) is 0 Å². The first-order chi connectivity index (χ1) is 15.4. The number of hydrogen-bond donors (Lipinski definition) is 3. The highest BCUT2D eigenvalue weighted by atomic mass is 16.5. The molecule has 3 aromatic rings. The van der Waals surface area contributed by atoms with Crippen LogP contribution >= 0.6 is 0 Å². The Kier molecular flexibility index (Phi) is 7.58. The number of rotatable bonds is 9. The summed E-state index contributed by atoms with van der Waals surface area (Å²) >= 11 is 0. The lowest BCUT2D eigenvalue weighted by Gasteiger charge is -2.19.